The van der Waals surface area contributed by atoms with Crippen molar-refractivity contribution in [2.75, 3.05) is 0 Å². The van der Waals surface area contributed by atoms with E-state index in [-0.39, 0.29) is 0 Å². The van der Waals surface area contributed by atoms with Crippen LogP contribution in [0.5, 0.6) is 0 Å². The lowest BCUT2D eigenvalue weighted by molar-refractivity contribution is 0.787. The van der Waals surface area contributed by atoms with Crippen LogP contribution in [0.2, 0.25) is 0 Å². The first-order valence-corrected chi connectivity index (χ1v) is 3.89. The Morgan fingerprint density at radius 3 is 1.80 bits per heavy atom. The largest absolute Gasteiger partial charge is 0.0842 e. The van der Waals surface area contributed by atoms with Gasteiger partial charge in [0, 0.05) is 0 Å². The van der Waals surface area contributed by atoms with E-state index in [0.717, 1.165) is 0 Å². The first-order valence-electron chi connectivity index (χ1n) is 3.89. The molecule has 0 rings (SSSR count). The van der Waals surface area contributed by atoms with Crippen molar-refractivity contribution in [2.45, 2.75) is 34.6 Å². The number of hydrogen-bond donors (Lipinski definition) is 0. The number of allylic oxidation sites excluding steroid dienone is 4. The second-order valence-corrected chi connectivity index (χ2v) is 3.17. The molecule has 0 unspecified atom stereocenters. The van der Waals surface area contributed by atoms with E-state index in [1.807, 2.05) is 0 Å². The van der Waals surface area contributed by atoms with E-state index in [4.69, 9.17) is 0 Å². The molecule has 0 aliphatic heterocycles. The van der Waals surface area contributed by atoms with Crippen LogP contribution in [0, 0.1) is 5.92 Å². The van der Waals surface area contributed by atoms with E-state index in [1.165, 1.54) is 11.1 Å². The van der Waals surface area contributed by atoms with Gasteiger partial charge in [-0.3, -0.25) is 0 Å². The number of rotatable bonds is 2. The Morgan fingerprint density at radius 2 is 1.70 bits per heavy atom. The van der Waals surface area contributed by atoms with E-state index < -0.39 is 0 Å². The molecule has 0 fully saturated rings. The molecule has 0 aromatic carbocycles. The summed E-state index contributed by atoms with van der Waals surface area (Å²) in [7, 11) is 0. The molecule has 0 aliphatic carbocycles. The van der Waals surface area contributed by atoms with Gasteiger partial charge in [-0.1, -0.05) is 31.6 Å². The minimum atomic E-state index is 0.653. The summed E-state index contributed by atoms with van der Waals surface area (Å²) < 4.78 is 0. The summed E-state index contributed by atoms with van der Waals surface area (Å²) in [5.74, 6) is 0.653. The van der Waals surface area contributed by atoms with Crippen molar-refractivity contribution in [3.8, 4) is 0 Å². The lowest BCUT2D eigenvalue weighted by Crippen LogP contribution is -1.89. The maximum atomic E-state index is 2.24. The van der Waals surface area contributed by atoms with Crippen LogP contribution >= 0.6 is 0 Å². The molecule has 0 spiro atoms. The molecule has 0 nitrogen and oxygen atoms in total. The molecule has 0 saturated heterocycles. The zero-order valence-corrected chi connectivity index (χ0v) is 7.73. The normalized spacial score (nSPS) is 12.0. The predicted octanol–water partition coefficient (Wildman–Crippen LogP) is 3.55. The molecule has 0 aliphatic rings. The van der Waals surface area contributed by atoms with Gasteiger partial charge in [-0.15, -0.1) is 0 Å². The summed E-state index contributed by atoms with van der Waals surface area (Å²) in [5.41, 5.74) is 2.81. The van der Waals surface area contributed by atoms with Crippen LogP contribution in [0.1, 0.15) is 34.6 Å². The summed E-state index contributed by atoms with van der Waals surface area (Å²) in [5, 5.41) is 0. The highest BCUT2D eigenvalue weighted by Gasteiger charge is 1.96. The average Bonchev–Trinajstić information content (AvgIpc) is 1.81. The van der Waals surface area contributed by atoms with Gasteiger partial charge >= 0.3 is 0 Å². The Bertz CT molecular complexity index is 143. The highest BCUT2D eigenvalue weighted by atomic mass is 14.0. The maximum absolute atomic E-state index is 2.24. The molecule has 0 atom stereocenters. The van der Waals surface area contributed by atoms with Gasteiger partial charge < -0.3 is 0 Å². The zero-order chi connectivity index (χ0) is 8.15. The van der Waals surface area contributed by atoms with Crippen molar-refractivity contribution < 1.29 is 0 Å². The minimum absolute atomic E-state index is 0.653. The third kappa shape index (κ3) is 3.49. The molecule has 0 bridgehead atoms. The Balaban J connectivity index is 4.26. The molecular formula is C10H18. The van der Waals surface area contributed by atoms with Crippen LogP contribution in [0.4, 0.5) is 0 Å². The van der Waals surface area contributed by atoms with Crippen LogP contribution < -0.4 is 0 Å². The van der Waals surface area contributed by atoms with Gasteiger partial charge in [-0.25, -0.2) is 0 Å². The van der Waals surface area contributed by atoms with Crippen LogP contribution in [0.15, 0.2) is 23.3 Å². The van der Waals surface area contributed by atoms with Crippen LogP contribution in [0.3, 0.4) is 0 Å². The first kappa shape index (κ1) is 9.48. The molecule has 0 aromatic rings. The smallest absolute Gasteiger partial charge is 0.0222 e. The Hall–Kier alpha value is -0.520. The molecule has 0 heterocycles. The van der Waals surface area contributed by atoms with E-state index in [2.05, 4.69) is 46.8 Å². The summed E-state index contributed by atoms with van der Waals surface area (Å²) in [6.07, 6.45) is 4.42. The summed E-state index contributed by atoms with van der Waals surface area (Å²) in [6.45, 7) is 10.8. The van der Waals surface area contributed by atoms with Crippen LogP contribution in [-0.4, -0.2) is 0 Å². The van der Waals surface area contributed by atoms with Crippen molar-refractivity contribution in [1.82, 2.24) is 0 Å². The highest BCUT2D eigenvalue weighted by Crippen LogP contribution is 2.12. The zero-order valence-electron chi connectivity index (χ0n) is 7.73. The van der Waals surface area contributed by atoms with E-state index in [1.54, 1.807) is 0 Å². The fourth-order valence-corrected chi connectivity index (χ4v) is 0.917. The van der Waals surface area contributed by atoms with Crippen LogP contribution in [-0.2, 0) is 0 Å². The third-order valence-corrected chi connectivity index (χ3v) is 1.46. The van der Waals surface area contributed by atoms with E-state index in [9.17, 15) is 0 Å². The molecule has 0 radical (unpaired) electrons. The SMILES string of the molecule is C/C=C(\C=C(C)C)C(C)C. The molecule has 10 heavy (non-hydrogen) atoms. The molecular weight excluding hydrogens is 120 g/mol. The molecule has 58 valence electrons. The third-order valence-electron chi connectivity index (χ3n) is 1.46. The molecule has 0 heteroatoms. The Labute approximate surface area is 64.6 Å². The Kier molecular flexibility index (Phi) is 4.10. The monoisotopic (exact) mass is 138 g/mol. The van der Waals surface area contributed by atoms with Crippen molar-refractivity contribution >= 4 is 0 Å². The second kappa shape index (κ2) is 4.32. The number of hydrogen-bond acceptors (Lipinski definition) is 0. The molecule has 0 aromatic heterocycles. The highest BCUT2D eigenvalue weighted by molar-refractivity contribution is 5.22. The van der Waals surface area contributed by atoms with Crippen molar-refractivity contribution in [3.05, 3.63) is 23.3 Å². The fourth-order valence-electron chi connectivity index (χ4n) is 0.917. The molecule has 0 amide bonds. The Morgan fingerprint density at radius 1 is 1.20 bits per heavy atom. The van der Waals surface area contributed by atoms with Crippen LogP contribution in [0.25, 0.3) is 0 Å². The van der Waals surface area contributed by atoms with Gasteiger partial charge in [0.1, 0.15) is 0 Å². The van der Waals surface area contributed by atoms with Crippen molar-refractivity contribution in [1.29, 1.82) is 0 Å². The second-order valence-electron chi connectivity index (χ2n) is 3.17. The molecule has 0 N–H and O–H groups in total. The summed E-state index contributed by atoms with van der Waals surface area (Å²) in [4.78, 5) is 0. The van der Waals surface area contributed by atoms with Gasteiger partial charge in [-0.2, -0.15) is 0 Å². The van der Waals surface area contributed by atoms with Crippen molar-refractivity contribution in [2.24, 2.45) is 5.92 Å². The maximum Gasteiger partial charge on any atom is -0.0222 e. The van der Waals surface area contributed by atoms with E-state index in [0.29, 0.717) is 5.92 Å². The summed E-state index contributed by atoms with van der Waals surface area (Å²) >= 11 is 0. The van der Waals surface area contributed by atoms with Gasteiger partial charge in [0.25, 0.3) is 0 Å². The fraction of sp³-hybridized carbons (Fsp3) is 0.600. The first-order chi connectivity index (χ1) is 4.57. The topological polar surface area (TPSA) is 0 Å². The van der Waals surface area contributed by atoms with Gasteiger partial charge in [0.2, 0.25) is 0 Å². The van der Waals surface area contributed by atoms with Gasteiger partial charge in [-0.05, 0) is 32.3 Å². The quantitative estimate of drug-likeness (QED) is 0.512. The van der Waals surface area contributed by atoms with Gasteiger partial charge in [0.15, 0.2) is 0 Å². The lowest BCUT2D eigenvalue weighted by atomic mass is 10.0. The average molecular weight is 138 g/mol. The van der Waals surface area contributed by atoms with Gasteiger partial charge in [0.05, 0.1) is 0 Å². The summed E-state index contributed by atoms with van der Waals surface area (Å²) in [6, 6.07) is 0. The lowest BCUT2D eigenvalue weighted by Gasteiger charge is -2.05. The molecule has 0 saturated carbocycles. The van der Waals surface area contributed by atoms with E-state index >= 15 is 0 Å². The standard InChI is InChI=1S/C10H18/c1-6-10(9(4)5)7-8(2)3/h6-7,9H,1-5H3/b10-6+. The predicted molar refractivity (Wildman–Crippen MR) is 48.0 cm³/mol. The van der Waals surface area contributed by atoms with Crippen molar-refractivity contribution in [3.63, 3.8) is 0 Å². The minimum Gasteiger partial charge on any atom is -0.0842 e.